The van der Waals surface area contributed by atoms with Crippen LogP contribution >= 0.6 is 23.2 Å². The number of halogens is 2. The van der Waals surface area contributed by atoms with E-state index in [-0.39, 0.29) is 17.6 Å². The fraction of sp³-hybridized carbons (Fsp3) is 0.192. The summed E-state index contributed by atoms with van der Waals surface area (Å²) in [5.41, 5.74) is 1.52. The van der Waals surface area contributed by atoms with Gasteiger partial charge in [-0.2, -0.15) is 0 Å². The van der Waals surface area contributed by atoms with E-state index in [9.17, 15) is 14.4 Å². The Morgan fingerprint density at radius 2 is 1.67 bits per heavy atom. The molecule has 0 atom stereocenters. The Labute approximate surface area is 216 Å². The standard InChI is InChI=1S/C26H22Cl2N4O4/c27-20-2-1-3-21(28)18(20)14-32-15-19(25(34)24-22(32)8-9-23(33)30-24)26(35)29-16-4-6-17(7-5-16)31-10-12-36-13-11-31/h1-9,15H,10-14H2,(H,29,35)(H,30,33). The Hall–Kier alpha value is -3.59. The molecule has 8 nitrogen and oxygen atoms in total. The first-order valence-electron chi connectivity index (χ1n) is 11.3. The van der Waals surface area contributed by atoms with Crippen molar-refractivity contribution in [1.82, 2.24) is 9.55 Å². The number of amides is 1. The monoisotopic (exact) mass is 524 g/mol. The second kappa shape index (κ2) is 10.2. The Morgan fingerprint density at radius 1 is 0.972 bits per heavy atom. The fourth-order valence-corrected chi connectivity index (χ4v) is 4.74. The number of carbonyl (C=O) groups is 1. The summed E-state index contributed by atoms with van der Waals surface area (Å²) in [7, 11) is 0. The summed E-state index contributed by atoms with van der Waals surface area (Å²) in [6.45, 7) is 3.14. The highest BCUT2D eigenvalue weighted by atomic mass is 35.5. The molecule has 2 aromatic carbocycles. The van der Waals surface area contributed by atoms with Gasteiger partial charge in [0, 0.05) is 52.3 Å². The van der Waals surface area contributed by atoms with E-state index in [1.807, 2.05) is 12.1 Å². The molecular formula is C26H22Cl2N4O4. The Morgan fingerprint density at radius 3 is 2.36 bits per heavy atom. The Balaban J connectivity index is 1.49. The summed E-state index contributed by atoms with van der Waals surface area (Å²) in [5.74, 6) is -0.593. The molecule has 3 heterocycles. The molecule has 1 saturated heterocycles. The second-order valence-electron chi connectivity index (χ2n) is 8.38. The molecule has 0 radical (unpaired) electrons. The minimum atomic E-state index is -0.593. The minimum Gasteiger partial charge on any atom is -0.378 e. The van der Waals surface area contributed by atoms with Crippen molar-refractivity contribution >= 4 is 51.5 Å². The largest absolute Gasteiger partial charge is 0.378 e. The van der Waals surface area contributed by atoms with Gasteiger partial charge in [-0.15, -0.1) is 0 Å². The topological polar surface area (TPSA) is 96.4 Å². The van der Waals surface area contributed by atoms with Crippen LogP contribution in [0.5, 0.6) is 0 Å². The highest BCUT2D eigenvalue weighted by Crippen LogP contribution is 2.26. The van der Waals surface area contributed by atoms with Crippen molar-refractivity contribution in [2.75, 3.05) is 36.5 Å². The number of aromatic nitrogens is 2. The molecule has 10 heteroatoms. The molecule has 5 rings (SSSR count). The molecule has 184 valence electrons. The second-order valence-corrected chi connectivity index (χ2v) is 9.20. The van der Waals surface area contributed by atoms with Crippen molar-refractivity contribution in [3.63, 3.8) is 0 Å². The highest BCUT2D eigenvalue weighted by Gasteiger charge is 2.18. The molecule has 0 bridgehead atoms. The fourth-order valence-electron chi connectivity index (χ4n) is 4.22. The van der Waals surface area contributed by atoms with Gasteiger partial charge >= 0.3 is 0 Å². The average molecular weight is 525 g/mol. The van der Waals surface area contributed by atoms with Gasteiger partial charge in [0.25, 0.3) is 5.91 Å². The molecule has 0 unspecified atom stereocenters. The summed E-state index contributed by atoms with van der Waals surface area (Å²) >= 11 is 12.7. The first-order valence-corrected chi connectivity index (χ1v) is 12.1. The van der Waals surface area contributed by atoms with Gasteiger partial charge in [-0.3, -0.25) is 14.4 Å². The van der Waals surface area contributed by atoms with Gasteiger partial charge in [0.1, 0.15) is 11.1 Å². The number of fused-ring (bicyclic) bond motifs is 1. The predicted octanol–water partition coefficient (Wildman–Crippen LogP) is 4.13. The van der Waals surface area contributed by atoms with E-state index in [0.717, 1.165) is 18.8 Å². The van der Waals surface area contributed by atoms with Crippen LogP contribution in [0.15, 0.2) is 70.4 Å². The molecular weight excluding hydrogens is 503 g/mol. The van der Waals surface area contributed by atoms with Crippen molar-refractivity contribution < 1.29 is 9.53 Å². The van der Waals surface area contributed by atoms with Gasteiger partial charge in [0.15, 0.2) is 0 Å². The maximum Gasteiger partial charge on any atom is 0.261 e. The van der Waals surface area contributed by atoms with Gasteiger partial charge in [0.2, 0.25) is 11.0 Å². The number of hydrogen-bond acceptors (Lipinski definition) is 5. The van der Waals surface area contributed by atoms with Crippen LogP contribution in [0.1, 0.15) is 15.9 Å². The number of aromatic amines is 1. The lowest BCUT2D eigenvalue weighted by atomic mass is 10.1. The van der Waals surface area contributed by atoms with Crippen LogP contribution in [0, 0.1) is 0 Å². The molecule has 1 fully saturated rings. The van der Waals surface area contributed by atoms with Gasteiger partial charge in [-0.05, 0) is 42.5 Å². The van der Waals surface area contributed by atoms with E-state index >= 15 is 0 Å². The molecule has 2 N–H and O–H groups in total. The van der Waals surface area contributed by atoms with E-state index in [1.54, 1.807) is 34.9 Å². The van der Waals surface area contributed by atoms with Crippen LogP contribution in [0.2, 0.25) is 10.0 Å². The van der Waals surface area contributed by atoms with Gasteiger partial charge < -0.3 is 24.5 Å². The molecule has 1 amide bonds. The molecule has 0 aliphatic carbocycles. The quantitative estimate of drug-likeness (QED) is 0.409. The first-order chi connectivity index (χ1) is 17.4. The number of nitrogens with zero attached hydrogens (tertiary/aromatic N) is 2. The third kappa shape index (κ3) is 4.88. The van der Waals surface area contributed by atoms with Gasteiger partial charge in [-0.1, -0.05) is 29.3 Å². The minimum absolute atomic E-state index is 0.0287. The van der Waals surface area contributed by atoms with Gasteiger partial charge in [0.05, 0.1) is 25.3 Å². The summed E-state index contributed by atoms with van der Waals surface area (Å²) in [6.07, 6.45) is 1.46. The summed E-state index contributed by atoms with van der Waals surface area (Å²) in [6, 6.07) is 15.4. The first kappa shape index (κ1) is 24.1. The van der Waals surface area contributed by atoms with E-state index < -0.39 is 16.9 Å². The number of pyridine rings is 2. The van der Waals surface area contributed by atoms with Crippen LogP contribution in [-0.4, -0.2) is 41.8 Å². The number of carbonyl (C=O) groups excluding carboxylic acids is 1. The van der Waals surface area contributed by atoms with Crippen molar-refractivity contribution in [3.8, 4) is 0 Å². The van der Waals surface area contributed by atoms with E-state index in [4.69, 9.17) is 27.9 Å². The average Bonchev–Trinajstić information content (AvgIpc) is 2.88. The number of morpholine rings is 1. The van der Waals surface area contributed by atoms with E-state index in [1.165, 1.54) is 18.3 Å². The van der Waals surface area contributed by atoms with Crippen molar-refractivity contribution in [1.29, 1.82) is 0 Å². The van der Waals surface area contributed by atoms with Crippen LogP contribution in [0.3, 0.4) is 0 Å². The third-order valence-electron chi connectivity index (χ3n) is 6.10. The molecule has 4 aromatic rings. The van der Waals surface area contributed by atoms with Gasteiger partial charge in [-0.25, -0.2) is 0 Å². The maximum absolute atomic E-state index is 13.2. The smallest absolute Gasteiger partial charge is 0.261 e. The number of hydrogen-bond donors (Lipinski definition) is 2. The summed E-state index contributed by atoms with van der Waals surface area (Å²) < 4.78 is 7.07. The number of anilines is 2. The lowest BCUT2D eigenvalue weighted by Gasteiger charge is -2.28. The zero-order chi connectivity index (χ0) is 25.2. The van der Waals surface area contributed by atoms with E-state index in [2.05, 4.69) is 15.2 Å². The Bertz CT molecular complexity index is 1540. The zero-order valence-corrected chi connectivity index (χ0v) is 20.6. The summed E-state index contributed by atoms with van der Waals surface area (Å²) in [5, 5.41) is 3.68. The van der Waals surface area contributed by atoms with Crippen LogP contribution < -0.4 is 21.2 Å². The number of benzene rings is 2. The SMILES string of the molecule is O=C(Nc1ccc(N2CCOCC2)cc1)c1cn(Cc2c(Cl)cccc2Cl)c2ccc(=O)[nH]c2c1=O. The normalized spacial score (nSPS) is 13.7. The molecule has 2 aromatic heterocycles. The zero-order valence-electron chi connectivity index (χ0n) is 19.1. The highest BCUT2D eigenvalue weighted by molar-refractivity contribution is 6.36. The third-order valence-corrected chi connectivity index (χ3v) is 6.81. The number of rotatable bonds is 5. The lowest BCUT2D eigenvalue weighted by molar-refractivity contribution is 0.102. The van der Waals surface area contributed by atoms with Crippen molar-refractivity contribution in [3.05, 3.63) is 103 Å². The molecule has 0 spiro atoms. The molecule has 1 aliphatic rings. The molecule has 0 saturated carbocycles. The summed E-state index contributed by atoms with van der Waals surface area (Å²) in [4.78, 5) is 43.1. The van der Waals surface area contributed by atoms with Crippen LogP contribution in [0.4, 0.5) is 11.4 Å². The van der Waals surface area contributed by atoms with Crippen molar-refractivity contribution in [2.45, 2.75) is 6.54 Å². The molecule has 1 aliphatic heterocycles. The molecule has 36 heavy (non-hydrogen) atoms. The lowest BCUT2D eigenvalue weighted by Crippen LogP contribution is -2.36. The number of nitrogens with one attached hydrogen (secondary N) is 2. The van der Waals surface area contributed by atoms with Crippen LogP contribution in [0.25, 0.3) is 11.0 Å². The maximum atomic E-state index is 13.2. The van der Waals surface area contributed by atoms with Crippen molar-refractivity contribution in [2.24, 2.45) is 0 Å². The predicted molar refractivity (Wildman–Crippen MR) is 142 cm³/mol. The number of ether oxygens (including phenoxy) is 1. The van der Waals surface area contributed by atoms with Crippen LogP contribution in [-0.2, 0) is 11.3 Å². The van der Waals surface area contributed by atoms with E-state index in [0.29, 0.717) is 40.0 Å². The number of H-pyrrole nitrogens is 1. The Kier molecular flexibility index (Phi) is 6.82.